The first kappa shape index (κ1) is 27.6. The van der Waals surface area contributed by atoms with Gasteiger partial charge in [0.1, 0.15) is 0 Å². The highest BCUT2D eigenvalue weighted by Crippen LogP contribution is 2.54. The van der Waals surface area contributed by atoms with E-state index < -0.39 is 0 Å². The average Bonchev–Trinajstić information content (AvgIpc) is 3.06. The van der Waals surface area contributed by atoms with Crippen molar-refractivity contribution in [2.24, 2.45) is 17.8 Å². The normalized spacial score (nSPS) is 22.7. The summed E-state index contributed by atoms with van der Waals surface area (Å²) in [6.07, 6.45) is 10.3. The largest absolute Gasteiger partial charge is 0.264 e. The average molecular weight is 586 g/mol. The number of hydrogen-bond donors (Lipinski definition) is 0. The van der Waals surface area contributed by atoms with E-state index in [-0.39, 0.29) is 5.41 Å². The van der Waals surface area contributed by atoms with Crippen molar-refractivity contribution in [1.82, 2.24) is 19.9 Å². The molecular formula is C40H35N5. The summed E-state index contributed by atoms with van der Waals surface area (Å²) in [5.41, 5.74) is 5.16. The Kier molecular flexibility index (Phi) is 6.68. The minimum absolute atomic E-state index is 0.273. The summed E-state index contributed by atoms with van der Waals surface area (Å²) in [7, 11) is 0. The van der Waals surface area contributed by atoms with Gasteiger partial charge in [-0.25, -0.2) is 15.0 Å². The molecule has 2 bridgehead atoms. The number of benzene rings is 4. The highest BCUT2D eigenvalue weighted by atomic mass is 15.0. The summed E-state index contributed by atoms with van der Waals surface area (Å²) in [5.74, 6) is 4.24. The third-order valence-corrected chi connectivity index (χ3v) is 10.2. The molecule has 2 aliphatic carbocycles. The molecule has 2 fully saturated rings. The van der Waals surface area contributed by atoms with Gasteiger partial charge in [0, 0.05) is 39.9 Å². The van der Waals surface area contributed by atoms with E-state index >= 15 is 0 Å². The second kappa shape index (κ2) is 10.9. The van der Waals surface area contributed by atoms with Crippen molar-refractivity contribution >= 4 is 21.5 Å². The summed E-state index contributed by atoms with van der Waals surface area (Å²) in [5, 5.41) is 13.8. The number of nitrogens with zero attached hydrogens (tertiary/aromatic N) is 5. The van der Waals surface area contributed by atoms with Crippen LogP contribution in [-0.4, -0.2) is 19.9 Å². The molecule has 5 nitrogen and oxygen atoms in total. The highest BCUT2D eigenvalue weighted by Gasteiger charge is 2.45. The lowest BCUT2D eigenvalue weighted by Crippen LogP contribution is -2.42. The number of rotatable bonds is 4. The van der Waals surface area contributed by atoms with Crippen molar-refractivity contribution < 1.29 is 0 Å². The zero-order valence-electron chi connectivity index (χ0n) is 25.7. The van der Waals surface area contributed by atoms with E-state index in [0.717, 1.165) is 56.0 Å². The minimum atomic E-state index is 0.273. The fourth-order valence-electron chi connectivity index (χ4n) is 8.60. The number of nitriles is 1. The summed E-state index contributed by atoms with van der Waals surface area (Å²) in [6, 6.07) is 31.5. The summed E-state index contributed by atoms with van der Waals surface area (Å²) in [4.78, 5) is 19.4. The van der Waals surface area contributed by atoms with Crippen molar-refractivity contribution in [1.29, 1.82) is 5.26 Å². The Morgan fingerprint density at radius 2 is 1.38 bits per heavy atom. The first-order valence-corrected chi connectivity index (χ1v) is 16.1. The zero-order chi connectivity index (χ0) is 30.5. The lowest BCUT2D eigenvalue weighted by atomic mass is 9.54. The lowest BCUT2D eigenvalue weighted by Gasteiger charge is -2.50. The smallest absolute Gasteiger partial charge is 0.164 e. The Labute approximate surface area is 264 Å². The van der Waals surface area contributed by atoms with Gasteiger partial charge in [0.25, 0.3) is 0 Å². The number of aromatic nitrogens is 4. The first-order valence-electron chi connectivity index (χ1n) is 16.1. The maximum atomic E-state index is 9.77. The van der Waals surface area contributed by atoms with E-state index in [0.29, 0.717) is 23.0 Å². The minimum Gasteiger partial charge on any atom is -0.264 e. The topological polar surface area (TPSA) is 75.3 Å². The number of pyridine rings is 1. The Morgan fingerprint density at radius 3 is 2.13 bits per heavy atom. The van der Waals surface area contributed by atoms with Gasteiger partial charge in [-0.1, -0.05) is 74.5 Å². The molecule has 0 aliphatic heterocycles. The van der Waals surface area contributed by atoms with Crippen LogP contribution in [0.15, 0.2) is 97.3 Å². The molecule has 1 unspecified atom stereocenters. The van der Waals surface area contributed by atoms with Gasteiger partial charge in [0.05, 0.1) is 11.6 Å². The van der Waals surface area contributed by atoms with Crippen LogP contribution in [0.3, 0.4) is 0 Å². The summed E-state index contributed by atoms with van der Waals surface area (Å²) in [6.45, 7) is 4.88. The monoisotopic (exact) mass is 585 g/mol. The summed E-state index contributed by atoms with van der Waals surface area (Å²) < 4.78 is 0. The van der Waals surface area contributed by atoms with Crippen molar-refractivity contribution in [3.8, 4) is 40.2 Å². The maximum absolute atomic E-state index is 9.77. The van der Waals surface area contributed by atoms with E-state index in [1.807, 2.05) is 54.9 Å². The second-order valence-corrected chi connectivity index (χ2v) is 13.6. The lowest BCUT2D eigenvalue weighted by molar-refractivity contribution is 0.0780. The van der Waals surface area contributed by atoms with Gasteiger partial charge in [-0.15, -0.1) is 0 Å². The molecule has 220 valence electrons. The summed E-state index contributed by atoms with van der Waals surface area (Å²) >= 11 is 0. The van der Waals surface area contributed by atoms with Crippen LogP contribution >= 0.6 is 0 Å². The van der Waals surface area contributed by atoms with Crippen LogP contribution in [-0.2, 0) is 5.41 Å². The fourth-order valence-corrected chi connectivity index (χ4v) is 8.60. The molecule has 6 aromatic rings. The van der Waals surface area contributed by atoms with Gasteiger partial charge in [-0.2, -0.15) is 5.26 Å². The molecule has 2 aromatic heterocycles. The number of hydrogen-bond acceptors (Lipinski definition) is 5. The van der Waals surface area contributed by atoms with Gasteiger partial charge < -0.3 is 0 Å². The molecule has 2 heterocycles. The van der Waals surface area contributed by atoms with Crippen molar-refractivity contribution in [2.75, 3.05) is 0 Å². The van der Waals surface area contributed by atoms with Crippen molar-refractivity contribution in [2.45, 2.75) is 51.4 Å². The van der Waals surface area contributed by atoms with E-state index in [4.69, 9.17) is 15.0 Å². The van der Waals surface area contributed by atoms with Gasteiger partial charge >= 0.3 is 0 Å². The van der Waals surface area contributed by atoms with Gasteiger partial charge in [-0.05, 0) is 95.9 Å². The van der Waals surface area contributed by atoms with Crippen LogP contribution in [0.1, 0.15) is 57.1 Å². The SMILES string of the molecule is C[C@@H]1C[C@@H]2C[C@H](C)CC(c3ccc(-c4nc(-c5ccc6cnccc6c5)nc(-c5ccc(C#N)c6ccccc56)n4)cc3)(C1)C2. The molecule has 0 spiro atoms. The van der Waals surface area contributed by atoms with E-state index in [1.54, 1.807) is 0 Å². The Bertz CT molecular complexity index is 2090. The second-order valence-electron chi connectivity index (χ2n) is 13.6. The standard InChI is InChI=1S/C40H35N5/c1-25-17-27-18-26(2)21-40(20-25,22-27)33-12-9-28(10-13-33)37-43-38(30-7-8-32-24-42-16-15-29(32)19-30)45-39(44-37)36-14-11-31(23-41)34-5-3-4-6-35(34)36/h3-16,19,24-27H,17-18,20-22H2,1-2H3/t25-,26+,27-,40?. The van der Waals surface area contributed by atoms with Crippen LogP contribution in [0.4, 0.5) is 0 Å². The first-order chi connectivity index (χ1) is 22.0. The van der Waals surface area contributed by atoms with Crippen molar-refractivity contribution in [3.05, 3.63) is 108 Å². The molecule has 0 amide bonds. The quantitative estimate of drug-likeness (QED) is 0.206. The van der Waals surface area contributed by atoms with Gasteiger partial charge in [0.2, 0.25) is 0 Å². The third kappa shape index (κ3) is 4.95. The predicted molar refractivity (Wildman–Crippen MR) is 180 cm³/mol. The van der Waals surface area contributed by atoms with Crippen LogP contribution in [0, 0.1) is 29.1 Å². The van der Waals surface area contributed by atoms with Crippen LogP contribution < -0.4 is 0 Å². The number of fused-ring (bicyclic) bond motifs is 4. The predicted octanol–water partition coefficient (Wildman–Crippen LogP) is 9.55. The molecule has 4 aromatic carbocycles. The molecule has 8 rings (SSSR count). The van der Waals surface area contributed by atoms with Crippen LogP contribution in [0.2, 0.25) is 0 Å². The Balaban J connectivity index is 1.27. The van der Waals surface area contributed by atoms with Crippen LogP contribution in [0.25, 0.3) is 55.7 Å². The van der Waals surface area contributed by atoms with E-state index in [1.165, 1.54) is 37.7 Å². The van der Waals surface area contributed by atoms with Crippen LogP contribution in [0.5, 0.6) is 0 Å². The molecular weight excluding hydrogens is 550 g/mol. The Hall–Kier alpha value is -4.95. The van der Waals surface area contributed by atoms with Gasteiger partial charge in [0.15, 0.2) is 17.5 Å². The molecule has 2 saturated carbocycles. The zero-order valence-corrected chi connectivity index (χ0v) is 25.7. The molecule has 0 radical (unpaired) electrons. The molecule has 5 heteroatoms. The molecule has 45 heavy (non-hydrogen) atoms. The molecule has 2 aliphatic rings. The van der Waals surface area contributed by atoms with E-state index in [9.17, 15) is 5.26 Å². The van der Waals surface area contributed by atoms with Gasteiger partial charge in [-0.3, -0.25) is 4.98 Å². The fraction of sp³-hybridized carbons (Fsp3) is 0.275. The van der Waals surface area contributed by atoms with E-state index in [2.05, 4.69) is 67.4 Å². The Morgan fingerprint density at radius 1 is 0.689 bits per heavy atom. The molecule has 4 atom stereocenters. The highest BCUT2D eigenvalue weighted by molar-refractivity contribution is 5.98. The van der Waals surface area contributed by atoms with Crippen molar-refractivity contribution in [3.63, 3.8) is 0 Å². The molecule has 0 N–H and O–H groups in total. The maximum Gasteiger partial charge on any atom is 0.164 e. The molecule has 0 saturated heterocycles. The third-order valence-electron chi connectivity index (χ3n) is 10.2.